The lowest BCUT2D eigenvalue weighted by atomic mass is 10.1. The second-order valence-electron chi connectivity index (χ2n) is 8.01. The van der Waals surface area contributed by atoms with E-state index in [1.807, 2.05) is 62.4 Å². The number of rotatable bonds is 12. The summed E-state index contributed by atoms with van der Waals surface area (Å²) < 4.78 is 10.6. The van der Waals surface area contributed by atoms with Gasteiger partial charge in [-0.1, -0.05) is 43.3 Å². The van der Waals surface area contributed by atoms with Crippen molar-refractivity contribution in [2.45, 2.75) is 58.5 Å². The van der Waals surface area contributed by atoms with Gasteiger partial charge in [0.1, 0.15) is 6.04 Å². The first kappa shape index (κ1) is 25.2. The van der Waals surface area contributed by atoms with Gasteiger partial charge in [-0.25, -0.2) is 0 Å². The maximum Gasteiger partial charge on any atom is 0.242 e. The summed E-state index contributed by atoms with van der Waals surface area (Å²) in [5.41, 5.74) is 2.12. The van der Waals surface area contributed by atoms with Crippen LogP contribution in [-0.4, -0.2) is 49.6 Å². The first-order valence-electron chi connectivity index (χ1n) is 11.2. The highest BCUT2D eigenvalue weighted by atomic mass is 16.5. The fraction of sp³-hybridized carbons (Fsp3) is 0.462. The van der Waals surface area contributed by atoms with Crippen molar-refractivity contribution in [3.05, 3.63) is 59.7 Å². The zero-order valence-electron chi connectivity index (χ0n) is 19.9. The van der Waals surface area contributed by atoms with Gasteiger partial charge in [-0.2, -0.15) is 0 Å². The zero-order chi connectivity index (χ0) is 23.5. The quantitative estimate of drug-likeness (QED) is 0.542. The van der Waals surface area contributed by atoms with Gasteiger partial charge in [-0.3, -0.25) is 9.59 Å². The van der Waals surface area contributed by atoms with Crippen LogP contribution in [0.5, 0.6) is 11.5 Å². The Hall–Kier alpha value is -3.02. The maximum atomic E-state index is 13.2. The van der Waals surface area contributed by atoms with Gasteiger partial charge in [0, 0.05) is 19.0 Å². The van der Waals surface area contributed by atoms with Crippen molar-refractivity contribution >= 4 is 11.8 Å². The number of aryl methyl sites for hydroxylation is 1. The number of ether oxygens (including phenoxy) is 2. The fourth-order valence-corrected chi connectivity index (χ4v) is 3.47. The Morgan fingerprint density at radius 2 is 1.62 bits per heavy atom. The predicted molar refractivity (Wildman–Crippen MR) is 127 cm³/mol. The van der Waals surface area contributed by atoms with Crippen LogP contribution in [0.1, 0.15) is 44.7 Å². The minimum absolute atomic E-state index is 0.0393. The molecule has 2 aromatic rings. The molecular formula is C26H36N2O4. The number of benzene rings is 2. The third kappa shape index (κ3) is 7.29. The van der Waals surface area contributed by atoms with E-state index in [1.54, 1.807) is 26.0 Å². The molecule has 6 nitrogen and oxygen atoms in total. The van der Waals surface area contributed by atoms with E-state index in [9.17, 15) is 9.59 Å². The number of amides is 2. The highest BCUT2D eigenvalue weighted by Crippen LogP contribution is 2.28. The molecule has 0 aliphatic rings. The van der Waals surface area contributed by atoms with Crippen molar-refractivity contribution in [2.24, 2.45) is 0 Å². The van der Waals surface area contributed by atoms with Gasteiger partial charge in [0.15, 0.2) is 11.5 Å². The second kappa shape index (κ2) is 12.7. The Morgan fingerprint density at radius 1 is 0.938 bits per heavy atom. The Kier molecular flexibility index (Phi) is 10.1. The van der Waals surface area contributed by atoms with E-state index in [0.717, 1.165) is 17.5 Å². The highest BCUT2D eigenvalue weighted by Gasteiger charge is 2.26. The van der Waals surface area contributed by atoms with E-state index in [2.05, 4.69) is 5.32 Å². The van der Waals surface area contributed by atoms with Gasteiger partial charge in [-0.15, -0.1) is 0 Å². The standard InChI is InChI=1S/C26H36N2O4/c1-6-19(2)27-26(30)20(3)28(17-16-21-10-8-7-9-11-21)25(29)15-13-22-12-14-23(31-4)24(18-22)32-5/h7-12,14,18-20H,6,13,15-17H2,1-5H3,(H,27,30)/t19-,20-/m1/s1. The molecule has 6 heteroatoms. The first-order chi connectivity index (χ1) is 15.4. The molecular weight excluding hydrogens is 404 g/mol. The minimum Gasteiger partial charge on any atom is -0.493 e. The Balaban J connectivity index is 2.10. The third-order valence-electron chi connectivity index (χ3n) is 5.73. The number of hydrogen-bond donors (Lipinski definition) is 1. The van der Waals surface area contributed by atoms with Crippen LogP contribution < -0.4 is 14.8 Å². The summed E-state index contributed by atoms with van der Waals surface area (Å²) in [6, 6.07) is 15.2. The van der Waals surface area contributed by atoms with Crippen LogP contribution in [0.2, 0.25) is 0 Å². The van der Waals surface area contributed by atoms with Gasteiger partial charge in [0.25, 0.3) is 0 Å². The second-order valence-corrected chi connectivity index (χ2v) is 8.01. The van der Waals surface area contributed by atoms with Crippen LogP contribution in [-0.2, 0) is 22.4 Å². The molecule has 0 fully saturated rings. The average Bonchev–Trinajstić information content (AvgIpc) is 2.82. The summed E-state index contributed by atoms with van der Waals surface area (Å²) in [4.78, 5) is 27.7. The van der Waals surface area contributed by atoms with Crippen LogP contribution in [0.15, 0.2) is 48.5 Å². The molecule has 0 bridgehead atoms. The predicted octanol–water partition coefficient (Wildman–Crippen LogP) is 4.01. The van der Waals surface area contributed by atoms with Crippen LogP contribution >= 0.6 is 0 Å². The van der Waals surface area contributed by atoms with Crippen LogP contribution in [0.25, 0.3) is 0 Å². The molecule has 0 aliphatic heterocycles. The number of methoxy groups -OCH3 is 2. The smallest absolute Gasteiger partial charge is 0.242 e. The molecule has 0 aliphatic carbocycles. The zero-order valence-corrected chi connectivity index (χ0v) is 19.9. The van der Waals surface area contributed by atoms with Gasteiger partial charge in [-0.05, 0) is 56.4 Å². The van der Waals surface area contributed by atoms with E-state index in [4.69, 9.17) is 9.47 Å². The monoisotopic (exact) mass is 440 g/mol. The van der Waals surface area contributed by atoms with Gasteiger partial charge < -0.3 is 19.7 Å². The summed E-state index contributed by atoms with van der Waals surface area (Å²) in [5.74, 6) is 1.14. The molecule has 0 saturated heterocycles. The Labute approximate surface area is 191 Å². The molecule has 0 saturated carbocycles. The molecule has 0 spiro atoms. The fourth-order valence-electron chi connectivity index (χ4n) is 3.47. The molecule has 0 heterocycles. The van der Waals surface area contributed by atoms with E-state index >= 15 is 0 Å². The molecule has 0 radical (unpaired) electrons. The highest BCUT2D eigenvalue weighted by molar-refractivity contribution is 5.87. The van der Waals surface area contributed by atoms with Crippen molar-refractivity contribution in [3.63, 3.8) is 0 Å². The largest absolute Gasteiger partial charge is 0.493 e. The number of hydrogen-bond acceptors (Lipinski definition) is 4. The van der Waals surface area contributed by atoms with Gasteiger partial charge >= 0.3 is 0 Å². The van der Waals surface area contributed by atoms with Gasteiger partial charge in [0.05, 0.1) is 14.2 Å². The molecule has 0 aromatic heterocycles. The first-order valence-corrected chi connectivity index (χ1v) is 11.2. The van der Waals surface area contributed by atoms with E-state index in [-0.39, 0.29) is 17.9 Å². The molecule has 32 heavy (non-hydrogen) atoms. The lowest BCUT2D eigenvalue weighted by Crippen LogP contribution is -2.50. The van der Waals surface area contributed by atoms with E-state index in [1.165, 1.54) is 0 Å². The van der Waals surface area contributed by atoms with Crippen molar-refractivity contribution in [1.29, 1.82) is 0 Å². The number of nitrogens with one attached hydrogen (secondary N) is 1. The Bertz CT molecular complexity index is 869. The lowest BCUT2D eigenvalue weighted by Gasteiger charge is -2.29. The topological polar surface area (TPSA) is 67.9 Å². The molecule has 2 aromatic carbocycles. The lowest BCUT2D eigenvalue weighted by molar-refractivity contribution is -0.140. The third-order valence-corrected chi connectivity index (χ3v) is 5.73. The molecule has 2 rings (SSSR count). The summed E-state index contributed by atoms with van der Waals surface area (Å²) in [6.07, 6.45) is 2.41. The van der Waals surface area contributed by atoms with Crippen molar-refractivity contribution in [1.82, 2.24) is 10.2 Å². The normalized spacial score (nSPS) is 12.5. The minimum atomic E-state index is -0.536. The summed E-state index contributed by atoms with van der Waals surface area (Å²) in [6.45, 7) is 6.29. The summed E-state index contributed by atoms with van der Waals surface area (Å²) >= 11 is 0. The van der Waals surface area contributed by atoms with Crippen LogP contribution in [0.3, 0.4) is 0 Å². The van der Waals surface area contributed by atoms with Crippen LogP contribution in [0, 0.1) is 0 Å². The SMILES string of the molecule is CC[C@@H](C)NC(=O)[C@@H](C)N(CCc1ccccc1)C(=O)CCc1ccc(OC)c(OC)c1. The molecule has 2 atom stereocenters. The van der Waals surface area contributed by atoms with Crippen LogP contribution in [0.4, 0.5) is 0 Å². The average molecular weight is 441 g/mol. The number of carbonyl (C=O) groups excluding carboxylic acids is 2. The molecule has 2 amide bonds. The Morgan fingerprint density at radius 3 is 2.25 bits per heavy atom. The summed E-state index contributed by atoms with van der Waals surface area (Å²) in [7, 11) is 3.19. The molecule has 0 unspecified atom stereocenters. The van der Waals surface area contributed by atoms with Gasteiger partial charge in [0.2, 0.25) is 11.8 Å². The van der Waals surface area contributed by atoms with E-state index in [0.29, 0.717) is 37.3 Å². The molecule has 1 N–H and O–H groups in total. The van der Waals surface area contributed by atoms with Crippen molar-refractivity contribution in [2.75, 3.05) is 20.8 Å². The van der Waals surface area contributed by atoms with Crippen molar-refractivity contribution < 1.29 is 19.1 Å². The molecule has 174 valence electrons. The van der Waals surface area contributed by atoms with E-state index < -0.39 is 6.04 Å². The summed E-state index contributed by atoms with van der Waals surface area (Å²) in [5, 5.41) is 3.00. The number of nitrogens with zero attached hydrogens (tertiary/aromatic N) is 1. The van der Waals surface area contributed by atoms with Crippen molar-refractivity contribution in [3.8, 4) is 11.5 Å². The maximum absolute atomic E-state index is 13.2. The number of carbonyl (C=O) groups is 2.